The molecule has 2 aliphatic rings. The summed E-state index contributed by atoms with van der Waals surface area (Å²) < 4.78 is 47.8. The fourth-order valence-electron chi connectivity index (χ4n) is 5.60. The van der Waals surface area contributed by atoms with Gasteiger partial charge in [-0.05, 0) is 71.8 Å². The van der Waals surface area contributed by atoms with E-state index >= 15 is 0 Å². The first-order valence-electron chi connectivity index (χ1n) is 15.8. The van der Waals surface area contributed by atoms with Crippen molar-refractivity contribution in [1.29, 1.82) is 0 Å². The number of hydrogen-bond donors (Lipinski definition) is 2. The highest BCUT2D eigenvalue weighted by atomic mass is 35.5. The molecule has 0 radical (unpaired) electrons. The molecule has 0 fully saturated rings. The van der Waals surface area contributed by atoms with Gasteiger partial charge in [0.2, 0.25) is 13.6 Å². The van der Waals surface area contributed by atoms with Gasteiger partial charge < -0.3 is 30.4 Å². The molecular formula is C37H26ClF2N7O4S. The van der Waals surface area contributed by atoms with E-state index in [9.17, 15) is 8.78 Å². The number of halogens is 3. The number of thiazole rings is 1. The van der Waals surface area contributed by atoms with Crippen molar-refractivity contribution < 1.29 is 27.7 Å². The van der Waals surface area contributed by atoms with Gasteiger partial charge in [-0.3, -0.25) is 0 Å². The van der Waals surface area contributed by atoms with Gasteiger partial charge in [-0.1, -0.05) is 47.2 Å². The van der Waals surface area contributed by atoms with Crippen molar-refractivity contribution in [3.8, 4) is 45.5 Å². The second-order valence-electron chi connectivity index (χ2n) is 11.6. The zero-order valence-electron chi connectivity index (χ0n) is 27.0. The van der Waals surface area contributed by atoms with Crippen molar-refractivity contribution in [1.82, 2.24) is 24.9 Å². The van der Waals surface area contributed by atoms with Gasteiger partial charge in [0.15, 0.2) is 33.3 Å². The summed E-state index contributed by atoms with van der Waals surface area (Å²) in [5, 5.41) is 0.611. The highest BCUT2D eigenvalue weighted by Crippen LogP contribution is 2.39. The molecule has 0 atom stereocenters. The average Bonchev–Trinajstić information content (AvgIpc) is 3.90. The van der Waals surface area contributed by atoms with E-state index in [4.69, 9.17) is 47.0 Å². The van der Waals surface area contributed by atoms with Gasteiger partial charge in [0.25, 0.3) is 0 Å². The number of ether oxygens (including phenoxy) is 4. The Bertz CT molecular complexity index is 2450. The Morgan fingerprint density at radius 1 is 0.596 bits per heavy atom. The van der Waals surface area contributed by atoms with E-state index in [1.807, 2.05) is 24.3 Å². The number of hydrogen-bond acceptors (Lipinski definition) is 12. The SMILES string of the molecule is Nc1c(Cl)nc(Cc2ccc(F)cc2)nc1-c1ccc2c(c1)OCO2.Nc1nc2c(-c3ccc4c(c3)OCO4)nc(Cc3ccc(F)cc3)nc2s1. The van der Waals surface area contributed by atoms with Gasteiger partial charge in [0, 0.05) is 24.0 Å². The molecule has 9 rings (SSSR count). The minimum absolute atomic E-state index is 0.180. The highest BCUT2D eigenvalue weighted by molar-refractivity contribution is 7.21. The summed E-state index contributed by atoms with van der Waals surface area (Å²) in [6, 6.07) is 23.5. The van der Waals surface area contributed by atoms with Crippen LogP contribution in [0.5, 0.6) is 23.0 Å². The third kappa shape index (κ3) is 6.93. The van der Waals surface area contributed by atoms with E-state index in [-0.39, 0.29) is 30.4 Å². The van der Waals surface area contributed by atoms with Crippen molar-refractivity contribution in [3.63, 3.8) is 0 Å². The lowest BCUT2D eigenvalue weighted by molar-refractivity contribution is 0.173. The van der Waals surface area contributed by atoms with Crippen LogP contribution >= 0.6 is 22.9 Å². The van der Waals surface area contributed by atoms with E-state index < -0.39 is 0 Å². The third-order valence-corrected chi connectivity index (χ3v) is 9.18. The molecule has 15 heteroatoms. The molecule has 3 aromatic heterocycles. The second kappa shape index (κ2) is 13.9. The molecule has 0 aliphatic carbocycles. The maximum Gasteiger partial charge on any atom is 0.231 e. The lowest BCUT2D eigenvalue weighted by atomic mass is 10.1. The van der Waals surface area contributed by atoms with Gasteiger partial charge >= 0.3 is 0 Å². The van der Waals surface area contributed by atoms with E-state index in [0.29, 0.717) is 80.0 Å². The summed E-state index contributed by atoms with van der Waals surface area (Å²) >= 11 is 7.50. The van der Waals surface area contributed by atoms with Crippen molar-refractivity contribution >= 4 is 44.1 Å². The molecule has 11 nitrogen and oxygen atoms in total. The van der Waals surface area contributed by atoms with Crippen molar-refractivity contribution in [3.05, 3.63) is 124 Å². The van der Waals surface area contributed by atoms with Crippen LogP contribution in [-0.4, -0.2) is 38.5 Å². The molecule has 0 spiro atoms. The molecule has 0 saturated heterocycles. The third-order valence-electron chi connectivity index (χ3n) is 8.11. The van der Waals surface area contributed by atoms with Crippen LogP contribution in [0.4, 0.5) is 19.6 Å². The summed E-state index contributed by atoms with van der Waals surface area (Å²) in [4.78, 5) is 23.2. The summed E-state index contributed by atoms with van der Waals surface area (Å²) in [6.07, 6.45) is 0.892. The topological polar surface area (TPSA) is 153 Å². The number of aromatic nitrogens is 5. The number of benzene rings is 4. The summed E-state index contributed by atoms with van der Waals surface area (Å²) in [7, 11) is 0. The first-order chi connectivity index (χ1) is 25.3. The number of nitrogens with zero attached hydrogens (tertiary/aromatic N) is 5. The van der Waals surface area contributed by atoms with Crippen molar-refractivity contribution in [2.24, 2.45) is 0 Å². The van der Waals surface area contributed by atoms with Gasteiger partial charge in [0.1, 0.15) is 39.3 Å². The Morgan fingerprint density at radius 2 is 1.10 bits per heavy atom. The Kier molecular flexibility index (Phi) is 8.83. The van der Waals surface area contributed by atoms with Crippen LogP contribution in [0.1, 0.15) is 22.8 Å². The van der Waals surface area contributed by atoms with Crippen LogP contribution in [0.25, 0.3) is 32.9 Å². The number of nitrogens with two attached hydrogens (primary N) is 2. The first-order valence-corrected chi connectivity index (χ1v) is 17.0. The molecule has 0 saturated carbocycles. The normalized spacial score (nSPS) is 12.5. The Hall–Kier alpha value is -6.12. The molecular weight excluding hydrogens is 712 g/mol. The Labute approximate surface area is 303 Å². The maximum absolute atomic E-state index is 13.2. The summed E-state index contributed by atoms with van der Waals surface area (Å²) in [6.45, 7) is 0.395. The summed E-state index contributed by atoms with van der Waals surface area (Å²) in [5.41, 5.74) is 17.5. The fraction of sp³-hybridized carbons (Fsp3) is 0.108. The van der Waals surface area contributed by atoms with Crippen molar-refractivity contribution in [2.75, 3.05) is 25.1 Å². The molecule has 4 aromatic carbocycles. The van der Waals surface area contributed by atoms with E-state index in [0.717, 1.165) is 22.3 Å². The smallest absolute Gasteiger partial charge is 0.231 e. The first kappa shape index (κ1) is 33.0. The van der Waals surface area contributed by atoms with E-state index in [1.54, 1.807) is 36.4 Å². The quantitative estimate of drug-likeness (QED) is 0.162. The monoisotopic (exact) mass is 737 g/mol. The maximum atomic E-state index is 13.2. The van der Waals surface area contributed by atoms with Crippen LogP contribution in [0, 0.1) is 11.6 Å². The van der Waals surface area contributed by atoms with Gasteiger partial charge in [-0.25, -0.2) is 33.7 Å². The van der Waals surface area contributed by atoms with Crippen LogP contribution in [0.15, 0.2) is 84.9 Å². The van der Waals surface area contributed by atoms with Gasteiger partial charge in [0.05, 0.1) is 11.4 Å². The predicted molar refractivity (Wildman–Crippen MR) is 193 cm³/mol. The Balaban J connectivity index is 0.000000149. The zero-order valence-corrected chi connectivity index (χ0v) is 28.5. The van der Waals surface area contributed by atoms with Crippen LogP contribution in [-0.2, 0) is 12.8 Å². The van der Waals surface area contributed by atoms with Crippen molar-refractivity contribution in [2.45, 2.75) is 12.8 Å². The molecule has 2 aliphatic heterocycles. The number of fused-ring (bicyclic) bond motifs is 3. The van der Waals surface area contributed by atoms with Crippen LogP contribution in [0.3, 0.4) is 0 Å². The standard InChI is InChI=1S/C19H13FN4O2S.C18H13ClFN3O2/c20-12-4-1-10(2-5-12)7-15-22-16(17-18(23-15)27-19(21)24-17)11-3-6-13-14(8-11)26-9-25-13;19-18-16(21)17(11-3-6-13-14(8-11)25-9-24-13)22-15(23-18)7-10-1-4-12(20)5-2-10/h1-6,8H,7,9H2,(H2,21,24);1-6,8H,7,9,21H2. The molecule has 0 amide bonds. The number of rotatable bonds is 6. The molecule has 5 heterocycles. The number of nitrogen functional groups attached to an aromatic ring is 2. The molecule has 7 aromatic rings. The second-order valence-corrected chi connectivity index (χ2v) is 13.0. The van der Waals surface area contributed by atoms with E-state index in [2.05, 4.69) is 19.9 Å². The van der Waals surface area contributed by atoms with Gasteiger partial charge in [-0.2, -0.15) is 0 Å². The van der Waals surface area contributed by atoms with Crippen LogP contribution < -0.4 is 30.4 Å². The lowest BCUT2D eigenvalue weighted by Gasteiger charge is -2.10. The summed E-state index contributed by atoms with van der Waals surface area (Å²) in [5.74, 6) is 3.23. The minimum Gasteiger partial charge on any atom is -0.454 e. The molecule has 0 bridgehead atoms. The lowest BCUT2D eigenvalue weighted by Crippen LogP contribution is -2.04. The van der Waals surface area contributed by atoms with Gasteiger partial charge in [-0.15, -0.1) is 0 Å². The minimum atomic E-state index is -0.291. The number of anilines is 2. The molecule has 52 heavy (non-hydrogen) atoms. The Morgan fingerprint density at radius 3 is 1.67 bits per heavy atom. The fourth-order valence-corrected chi connectivity index (χ4v) is 6.52. The largest absolute Gasteiger partial charge is 0.454 e. The highest BCUT2D eigenvalue weighted by Gasteiger charge is 2.20. The average molecular weight is 738 g/mol. The van der Waals surface area contributed by atoms with Crippen LogP contribution in [0.2, 0.25) is 5.15 Å². The molecule has 0 unspecified atom stereocenters. The predicted octanol–water partition coefficient (Wildman–Crippen LogP) is 7.63. The molecule has 260 valence electrons. The molecule has 4 N–H and O–H groups in total. The van der Waals surface area contributed by atoms with E-state index in [1.165, 1.54) is 35.6 Å². The zero-order chi connectivity index (χ0) is 35.8.